The fourth-order valence-corrected chi connectivity index (χ4v) is 4.26. The van der Waals surface area contributed by atoms with Gasteiger partial charge in [0.05, 0.1) is 24.7 Å². The van der Waals surface area contributed by atoms with E-state index in [0.29, 0.717) is 11.8 Å². The van der Waals surface area contributed by atoms with Crippen LogP contribution >= 0.6 is 0 Å². The van der Waals surface area contributed by atoms with E-state index in [4.69, 9.17) is 9.47 Å². The number of ether oxygens (including phenoxy) is 2. The fraction of sp³-hybridized carbons (Fsp3) is 0.952. The molecule has 0 aromatic heterocycles. The monoisotopic (exact) mass is 335 g/mol. The van der Waals surface area contributed by atoms with Crippen LogP contribution in [0, 0.1) is 28.6 Å². The normalized spacial score (nSPS) is 34.0. The molecule has 2 aliphatic rings. The molecule has 3 heteroatoms. The summed E-state index contributed by atoms with van der Waals surface area (Å²) in [5.74, 6) is 1.08. The van der Waals surface area contributed by atoms with Gasteiger partial charge in [-0.25, -0.2) is 0 Å². The van der Waals surface area contributed by atoms with Crippen molar-refractivity contribution in [2.45, 2.75) is 97.2 Å². The standard InChI is InChI=1S/C21H37NO2/c1-3-5-7-8-12-21(17-22)13-10-19(11-14-21)20-23-15-18(16-24-20)9-6-4-2/h18-20H,3-16H2,1-2H3/t18?,19-,20?,21+. The summed E-state index contributed by atoms with van der Waals surface area (Å²) in [4.78, 5) is 0. The number of nitrogens with zero attached hydrogens (tertiary/aromatic N) is 1. The van der Waals surface area contributed by atoms with Crippen molar-refractivity contribution in [3.05, 3.63) is 0 Å². The van der Waals surface area contributed by atoms with E-state index in [1.165, 1.54) is 44.9 Å². The number of nitriles is 1. The molecule has 0 N–H and O–H groups in total. The number of rotatable bonds is 9. The first kappa shape index (κ1) is 19.7. The minimum absolute atomic E-state index is 0.0142. The van der Waals surface area contributed by atoms with Crippen molar-refractivity contribution in [3.8, 4) is 6.07 Å². The largest absolute Gasteiger partial charge is 0.352 e. The van der Waals surface area contributed by atoms with Crippen LogP contribution in [0.4, 0.5) is 0 Å². The Bertz CT molecular complexity index is 374. The molecule has 0 aromatic carbocycles. The second kappa shape index (κ2) is 10.4. The highest BCUT2D eigenvalue weighted by Gasteiger charge is 2.39. The molecule has 0 aromatic rings. The molecule has 24 heavy (non-hydrogen) atoms. The van der Waals surface area contributed by atoms with E-state index in [9.17, 15) is 5.26 Å². The predicted molar refractivity (Wildman–Crippen MR) is 97.5 cm³/mol. The van der Waals surface area contributed by atoms with Crippen LogP contribution in [0.15, 0.2) is 0 Å². The maximum absolute atomic E-state index is 9.70. The highest BCUT2D eigenvalue weighted by Crippen LogP contribution is 2.44. The lowest BCUT2D eigenvalue weighted by atomic mass is 9.68. The first-order valence-electron chi connectivity index (χ1n) is 10.4. The van der Waals surface area contributed by atoms with E-state index in [2.05, 4.69) is 19.9 Å². The Morgan fingerprint density at radius 2 is 1.62 bits per heavy atom. The molecule has 1 aliphatic heterocycles. The molecule has 0 amide bonds. The van der Waals surface area contributed by atoms with Gasteiger partial charge >= 0.3 is 0 Å². The van der Waals surface area contributed by atoms with E-state index in [0.717, 1.165) is 45.3 Å². The highest BCUT2D eigenvalue weighted by molar-refractivity contribution is 5.01. The van der Waals surface area contributed by atoms with Crippen LogP contribution in [0.25, 0.3) is 0 Å². The predicted octanol–water partition coefficient (Wildman–Crippen LogP) is 5.84. The number of hydrogen-bond donors (Lipinski definition) is 0. The molecule has 0 unspecified atom stereocenters. The Balaban J connectivity index is 1.71. The smallest absolute Gasteiger partial charge is 0.160 e. The van der Waals surface area contributed by atoms with E-state index in [-0.39, 0.29) is 11.7 Å². The third-order valence-electron chi connectivity index (χ3n) is 6.08. The van der Waals surface area contributed by atoms with E-state index >= 15 is 0 Å². The van der Waals surface area contributed by atoms with E-state index < -0.39 is 0 Å². The molecule has 2 fully saturated rings. The minimum Gasteiger partial charge on any atom is -0.352 e. The summed E-state index contributed by atoms with van der Waals surface area (Å²) >= 11 is 0. The van der Waals surface area contributed by atoms with Gasteiger partial charge in [-0.1, -0.05) is 52.4 Å². The molecule has 3 nitrogen and oxygen atoms in total. The number of hydrogen-bond acceptors (Lipinski definition) is 3. The molecule has 0 spiro atoms. The summed E-state index contributed by atoms with van der Waals surface area (Å²) in [6, 6.07) is 2.67. The Kier molecular flexibility index (Phi) is 8.56. The van der Waals surface area contributed by atoms with Crippen molar-refractivity contribution in [1.82, 2.24) is 0 Å². The van der Waals surface area contributed by atoms with Gasteiger partial charge in [-0.2, -0.15) is 5.26 Å². The van der Waals surface area contributed by atoms with Crippen LogP contribution in [-0.2, 0) is 9.47 Å². The zero-order chi connectivity index (χ0) is 17.3. The van der Waals surface area contributed by atoms with Gasteiger partial charge in [-0.05, 0) is 38.5 Å². The van der Waals surface area contributed by atoms with E-state index in [1.807, 2.05) is 0 Å². The average molecular weight is 336 g/mol. The zero-order valence-corrected chi connectivity index (χ0v) is 15.9. The fourth-order valence-electron chi connectivity index (χ4n) is 4.26. The first-order valence-corrected chi connectivity index (χ1v) is 10.4. The van der Waals surface area contributed by atoms with Crippen molar-refractivity contribution >= 4 is 0 Å². The van der Waals surface area contributed by atoms with Gasteiger partial charge < -0.3 is 9.47 Å². The molecule has 1 saturated carbocycles. The summed E-state index contributed by atoms with van der Waals surface area (Å²) in [6.07, 6.45) is 14.1. The Morgan fingerprint density at radius 1 is 0.958 bits per heavy atom. The minimum atomic E-state index is -0.0669. The van der Waals surface area contributed by atoms with Gasteiger partial charge in [0, 0.05) is 11.8 Å². The maximum Gasteiger partial charge on any atom is 0.160 e. The second-order valence-corrected chi connectivity index (χ2v) is 8.08. The summed E-state index contributed by atoms with van der Waals surface area (Å²) in [7, 11) is 0. The topological polar surface area (TPSA) is 42.2 Å². The Labute approximate surface area is 149 Å². The Morgan fingerprint density at radius 3 is 2.21 bits per heavy atom. The van der Waals surface area contributed by atoms with Gasteiger partial charge in [-0.3, -0.25) is 0 Å². The lowest BCUT2D eigenvalue weighted by molar-refractivity contribution is -0.231. The average Bonchev–Trinajstić information content (AvgIpc) is 2.64. The lowest BCUT2D eigenvalue weighted by Crippen LogP contribution is -2.40. The lowest BCUT2D eigenvalue weighted by Gasteiger charge is -2.40. The molecule has 0 radical (unpaired) electrons. The van der Waals surface area contributed by atoms with Gasteiger partial charge in [0.25, 0.3) is 0 Å². The Hall–Kier alpha value is -0.590. The van der Waals surface area contributed by atoms with E-state index in [1.54, 1.807) is 0 Å². The van der Waals surface area contributed by atoms with Crippen molar-refractivity contribution in [2.24, 2.45) is 17.3 Å². The summed E-state index contributed by atoms with van der Waals surface area (Å²) in [6.45, 7) is 6.20. The van der Waals surface area contributed by atoms with Crippen LogP contribution in [0.2, 0.25) is 0 Å². The first-order chi connectivity index (χ1) is 11.7. The van der Waals surface area contributed by atoms with Crippen molar-refractivity contribution in [1.29, 1.82) is 5.26 Å². The summed E-state index contributed by atoms with van der Waals surface area (Å²) in [5, 5.41) is 9.70. The SMILES string of the molecule is CCCCCC[C@]1(C#N)CC[C@@H](C2OCC(CCCC)CO2)CC1. The molecule has 1 saturated heterocycles. The van der Waals surface area contributed by atoms with Gasteiger partial charge in [0.2, 0.25) is 0 Å². The highest BCUT2D eigenvalue weighted by atomic mass is 16.7. The molecular formula is C21H37NO2. The third kappa shape index (κ3) is 5.74. The van der Waals surface area contributed by atoms with Gasteiger partial charge in [-0.15, -0.1) is 0 Å². The molecule has 0 atom stereocenters. The number of unbranched alkanes of at least 4 members (excludes halogenated alkanes) is 4. The van der Waals surface area contributed by atoms with Crippen molar-refractivity contribution in [2.75, 3.05) is 13.2 Å². The summed E-state index contributed by atoms with van der Waals surface area (Å²) < 4.78 is 12.1. The molecule has 138 valence electrons. The second-order valence-electron chi connectivity index (χ2n) is 8.08. The zero-order valence-electron chi connectivity index (χ0n) is 15.9. The van der Waals surface area contributed by atoms with Crippen LogP contribution in [0.5, 0.6) is 0 Å². The van der Waals surface area contributed by atoms with Crippen LogP contribution < -0.4 is 0 Å². The molecule has 1 aliphatic carbocycles. The van der Waals surface area contributed by atoms with Gasteiger partial charge in [0.1, 0.15) is 0 Å². The quantitative estimate of drug-likeness (QED) is 0.497. The molecule has 0 bridgehead atoms. The molecule has 2 rings (SSSR count). The summed E-state index contributed by atoms with van der Waals surface area (Å²) in [5.41, 5.74) is -0.0669. The van der Waals surface area contributed by atoms with Crippen molar-refractivity contribution in [3.63, 3.8) is 0 Å². The van der Waals surface area contributed by atoms with Crippen molar-refractivity contribution < 1.29 is 9.47 Å². The van der Waals surface area contributed by atoms with Crippen LogP contribution in [0.3, 0.4) is 0 Å². The van der Waals surface area contributed by atoms with Crippen LogP contribution in [-0.4, -0.2) is 19.5 Å². The molecular weight excluding hydrogens is 298 g/mol. The maximum atomic E-state index is 9.70. The van der Waals surface area contributed by atoms with Gasteiger partial charge in [0.15, 0.2) is 6.29 Å². The third-order valence-corrected chi connectivity index (χ3v) is 6.08. The van der Waals surface area contributed by atoms with Crippen LogP contribution in [0.1, 0.15) is 90.9 Å². The molecule has 1 heterocycles.